The Hall–Kier alpha value is -10.6. The molecule has 2 amide bonds. The lowest BCUT2D eigenvalue weighted by Gasteiger charge is -2.21. The van der Waals surface area contributed by atoms with Crippen LogP contribution in [0.4, 0.5) is 20.2 Å². The molecular weight excluding hydrogens is 1020 g/mol. The summed E-state index contributed by atoms with van der Waals surface area (Å²) in [5, 5.41) is 6.90. The molecule has 17 nitrogen and oxygen atoms in total. The molecule has 19 heteroatoms. The topological polar surface area (TPSA) is 193 Å². The second-order valence-corrected chi connectivity index (χ2v) is 17.5. The van der Waals surface area contributed by atoms with Crippen molar-refractivity contribution < 1.29 is 51.5 Å². The van der Waals surface area contributed by atoms with Crippen molar-refractivity contribution in [1.29, 1.82) is 0 Å². The van der Waals surface area contributed by atoms with Crippen LogP contribution in [0.15, 0.2) is 186 Å². The van der Waals surface area contributed by atoms with E-state index < -0.39 is 34.6 Å². The first-order valence-electron chi connectivity index (χ1n) is 24.7. The fourth-order valence-corrected chi connectivity index (χ4v) is 8.75. The van der Waals surface area contributed by atoms with Crippen molar-refractivity contribution >= 4 is 45.0 Å². The lowest BCUT2D eigenvalue weighted by atomic mass is 10.1. The number of nitrogens with zero attached hydrogens (tertiary/aromatic N) is 4. The van der Waals surface area contributed by atoms with Gasteiger partial charge in [-0.15, -0.1) is 0 Å². The Morgan fingerprint density at radius 1 is 0.532 bits per heavy atom. The zero-order valence-corrected chi connectivity index (χ0v) is 41.8. The normalized spacial score (nSPS) is 12.2. The predicted molar refractivity (Wildman–Crippen MR) is 290 cm³/mol. The summed E-state index contributed by atoms with van der Waals surface area (Å²) < 4.78 is 70.2. The van der Waals surface area contributed by atoms with E-state index in [1.165, 1.54) is 82.2 Å². The van der Waals surface area contributed by atoms with Crippen molar-refractivity contribution in [2.24, 2.45) is 0 Å². The van der Waals surface area contributed by atoms with Crippen molar-refractivity contribution in [3.8, 4) is 63.1 Å². The quantitative estimate of drug-likeness (QED) is 0.118. The van der Waals surface area contributed by atoms with E-state index in [0.717, 1.165) is 0 Å². The Morgan fingerprint density at radius 3 is 1.52 bits per heavy atom. The minimum Gasteiger partial charge on any atom is -0.493 e. The van der Waals surface area contributed by atoms with Crippen LogP contribution in [-0.2, 0) is 0 Å². The molecule has 0 saturated heterocycles. The van der Waals surface area contributed by atoms with Gasteiger partial charge in [-0.2, -0.15) is 0 Å². The molecule has 0 radical (unpaired) electrons. The zero-order chi connectivity index (χ0) is 54.4. The van der Waals surface area contributed by atoms with Crippen molar-refractivity contribution in [3.05, 3.63) is 220 Å². The number of nitrogens with one attached hydrogen (secondary N) is 2. The number of amides is 2. The summed E-state index contributed by atoms with van der Waals surface area (Å²) in [5.74, 6) is 2.67. The van der Waals surface area contributed by atoms with E-state index in [2.05, 4.69) is 20.6 Å². The monoisotopic (exact) mass is 1060 g/mol. The van der Waals surface area contributed by atoms with Crippen molar-refractivity contribution in [2.45, 2.75) is 6.92 Å². The second-order valence-electron chi connectivity index (χ2n) is 17.5. The Labute approximate surface area is 447 Å². The van der Waals surface area contributed by atoms with Gasteiger partial charge in [0.2, 0.25) is 0 Å². The maximum Gasteiger partial charge on any atom is 0.271 e. The molecule has 2 aliphatic rings. The van der Waals surface area contributed by atoms with Crippen LogP contribution in [0, 0.1) is 11.6 Å². The number of rotatable bonds is 12. The van der Waals surface area contributed by atoms with E-state index in [-0.39, 0.29) is 23.5 Å². The molecule has 0 atom stereocenters. The predicted octanol–water partition coefficient (Wildman–Crippen LogP) is 11.1. The average molecular weight is 1060 g/mol. The number of carbonyl (C=O) groups is 2. The lowest BCUT2D eigenvalue weighted by molar-refractivity contribution is 0.101. The van der Waals surface area contributed by atoms with E-state index in [1.807, 2.05) is 24.3 Å². The fraction of sp³-hybridized carbons (Fsp3) is 0.100. The molecule has 79 heavy (non-hydrogen) atoms. The number of aromatic nitrogens is 4. The SMILES string of the molecule is CCOc1ccn(-c2ccc(F)cc2)c(=O)c1C(=O)Nc1ccc(Oc2ccnc3ccc4c(c23)OCCO4)cc1.O=C(Nc1ccc(Oc2ccnc3ccc4c(c23)OCCO4)cc1)c1cccn(-c2ccc(F)cc2)c1=O. The molecule has 0 spiro atoms. The first-order valence-corrected chi connectivity index (χ1v) is 24.7. The van der Waals surface area contributed by atoms with Gasteiger partial charge in [-0.3, -0.25) is 38.3 Å². The minimum atomic E-state index is -0.646. The number of halogens is 2. The standard InChI is InChI=1S/C31H24FN3O6.C29H20FN3O5/c1-2-38-24-14-16-35(21-7-3-19(32)4-8-21)31(37)28(24)30(36)34-20-5-9-22(10-6-20)41-25-13-15-33-23-11-12-26-29(27(23)25)40-18-17-39-26;30-18-3-7-20(8-4-18)33-15-1-2-22(29(33)35)28(34)32-19-5-9-21(10-6-19)38-24-13-14-31-23-11-12-25-27(26(23)24)37-17-16-36-25/h3-16H,2,17-18H2,1H3,(H,34,36);1-15H,16-17H2,(H,32,34). The van der Waals surface area contributed by atoms with Gasteiger partial charge in [0.05, 0.1) is 28.4 Å². The third-order valence-electron chi connectivity index (χ3n) is 12.4. The Balaban J connectivity index is 0.000000168. The van der Waals surface area contributed by atoms with Crippen LogP contribution in [-0.4, -0.2) is 64.0 Å². The smallest absolute Gasteiger partial charge is 0.271 e. The molecule has 0 fully saturated rings. The number of pyridine rings is 4. The highest BCUT2D eigenvalue weighted by Gasteiger charge is 2.23. The van der Waals surface area contributed by atoms with Gasteiger partial charge >= 0.3 is 0 Å². The van der Waals surface area contributed by atoms with Crippen LogP contribution in [0.1, 0.15) is 27.6 Å². The van der Waals surface area contributed by atoms with E-state index >= 15 is 0 Å². The molecule has 6 heterocycles. The van der Waals surface area contributed by atoms with Crippen LogP contribution in [0.3, 0.4) is 0 Å². The summed E-state index contributed by atoms with van der Waals surface area (Å²) in [4.78, 5) is 61.2. The van der Waals surface area contributed by atoms with Crippen molar-refractivity contribution in [2.75, 3.05) is 43.7 Å². The molecule has 2 N–H and O–H groups in total. The molecule has 0 aliphatic carbocycles. The lowest BCUT2D eigenvalue weighted by Crippen LogP contribution is -2.29. The Bertz CT molecular complexity index is 4040. The summed E-state index contributed by atoms with van der Waals surface area (Å²) in [7, 11) is 0. The van der Waals surface area contributed by atoms with E-state index in [1.54, 1.807) is 86.0 Å². The number of ether oxygens (including phenoxy) is 7. The molecule has 10 aromatic rings. The number of benzene rings is 6. The van der Waals surface area contributed by atoms with Gasteiger partial charge < -0.3 is 43.8 Å². The molecule has 4 aromatic heterocycles. The number of hydrogen-bond acceptors (Lipinski definition) is 13. The van der Waals surface area contributed by atoms with Gasteiger partial charge in [-0.1, -0.05) is 0 Å². The van der Waals surface area contributed by atoms with E-state index in [9.17, 15) is 28.0 Å². The van der Waals surface area contributed by atoms with Crippen LogP contribution in [0.25, 0.3) is 33.2 Å². The minimum absolute atomic E-state index is 0.0487. The van der Waals surface area contributed by atoms with Gasteiger partial charge in [-0.25, -0.2) is 8.78 Å². The summed E-state index contributed by atoms with van der Waals surface area (Å²) in [6.45, 7) is 3.83. The molecule has 6 aromatic carbocycles. The third kappa shape index (κ3) is 10.8. The molecule has 12 rings (SSSR count). The maximum atomic E-state index is 13.4. The summed E-state index contributed by atoms with van der Waals surface area (Å²) in [5.41, 5.74) is 1.87. The van der Waals surface area contributed by atoms with Gasteiger partial charge in [0.25, 0.3) is 22.9 Å². The zero-order valence-electron chi connectivity index (χ0n) is 41.8. The van der Waals surface area contributed by atoms with E-state index in [4.69, 9.17) is 33.2 Å². The molecule has 2 aliphatic heterocycles. The van der Waals surface area contributed by atoms with Gasteiger partial charge in [0, 0.05) is 47.5 Å². The number of fused-ring (bicyclic) bond motifs is 6. The molecule has 394 valence electrons. The largest absolute Gasteiger partial charge is 0.493 e. The number of anilines is 2. The molecular formula is C60H44F2N6O11. The van der Waals surface area contributed by atoms with Crippen LogP contribution < -0.4 is 54.9 Å². The highest BCUT2D eigenvalue weighted by atomic mass is 19.1. The first kappa shape index (κ1) is 50.6. The Kier molecular flexibility index (Phi) is 14.3. The Morgan fingerprint density at radius 2 is 1.01 bits per heavy atom. The van der Waals surface area contributed by atoms with Crippen LogP contribution in [0.2, 0.25) is 0 Å². The summed E-state index contributed by atoms with van der Waals surface area (Å²) >= 11 is 0. The fourth-order valence-electron chi connectivity index (χ4n) is 8.75. The van der Waals surface area contributed by atoms with E-state index in [0.29, 0.717) is 117 Å². The highest BCUT2D eigenvalue weighted by Crippen LogP contribution is 2.44. The molecule has 0 saturated carbocycles. The van der Waals surface area contributed by atoms with Crippen molar-refractivity contribution in [1.82, 2.24) is 19.1 Å². The van der Waals surface area contributed by atoms with Crippen molar-refractivity contribution in [3.63, 3.8) is 0 Å². The maximum absolute atomic E-state index is 13.4. The van der Waals surface area contributed by atoms with Gasteiger partial charge in [-0.05, 0) is 159 Å². The first-order chi connectivity index (χ1) is 38.6. The second kappa shape index (κ2) is 22.3. The van der Waals surface area contributed by atoms with Gasteiger partial charge in [0.15, 0.2) is 23.0 Å². The number of carbonyl (C=O) groups excluding carboxylic acids is 2. The summed E-state index contributed by atoms with van der Waals surface area (Å²) in [6.07, 6.45) is 6.31. The molecule has 0 unspecified atom stereocenters. The van der Waals surface area contributed by atoms with Crippen LogP contribution in [0.5, 0.6) is 51.7 Å². The number of hydrogen-bond donors (Lipinski definition) is 2. The summed E-state index contributed by atoms with van der Waals surface area (Å²) in [6, 6.07) is 39.7. The third-order valence-corrected chi connectivity index (χ3v) is 12.4. The average Bonchev–Trinajstić information content (AvgIpc) is 3.50. The van der Waals surface area contributed by atoms with Crippen LogP contribution >= 0.6 is 0 Å². The highest BCUT2D eigenvalue weighted by molar-refractivity contribution is 6.06. The molecule has 0 bridgehead atoms. The van der Waals surface area contributed by atoms with Gasteiger partial charge in [0.1, 0.15) is 77.9 Å².